The topological polar surface area (TPSA) is 75.3 Å². The Morgan fingerprint density at radius 2 is 2.10 bits per heavy atom. The number of aliphatic imine (C=N–C) groups is 1. The van der Waals surface area contributed by atoms with Crippen LogP contribution in [-0.2, 0) is 13.1 Å². The zero-order valence-electron chi connectivity index (χ0n) is 11.6. The van der Waals surface area contributed by atoms with Crippen molar-refractivity contribution < 1.29 is 4.52 Å². The second kappa shape index (κ2) is 8.20. The van der Waals surface area contributed by atoms with Gasteiger partial charge in [-0.1, -0.05) is 5.16 Å². The predicted molar refractivity (Wildman–Crippen MR) is 90.5 cm³/mol. The van der Waals surface area contributed by atoms with Gasteiger partial charge in [0.2, 0.25) is 0 Å². The minimum atomic E-state index is 0. The number of thiazole rings is 1. The van der Waals surface area contributed by atoms with Crippen molar-refractivity contribution in [3.63, 3.8) is 0 Å². The lowest BCUT2D eigenvalue weighted by Crippen LogP contribution is -2.36. The minimum Gasteiger partial charge on any atom is -0.364 e. The van der Waals surface area contributed by atoms with E-state index in [-0.39, 0.29) is 24.0 Å². The van der Waals surface area contributed by atoms with Gasteiger partial charge in [0, 0.05) is 18.0 Å². The van der Waals surface area contributed by atoms with Crippen LogP contribution in [0.15, 0.2) is 21.8 Å². The van der Waals surface area contributed by atoms with Crippen LogP contribution in [-0.4, -0.2) is 23.1 Å². The molecule has 0 unspecified atom stereocenters. The molecule has 8 heteroatoms. The first-order valence-electron chi connectivity index (χ1n) is 5.95. The maximum Gasteiger partial charge on any atom is 0.191 e. The smallest absolute Gasteiger partial charge is 0.191 e. The quantitative estimate of drug-likeness (QED) is 0.462. The molecule has 0 spiro atoms. The molecule has 0 bridgehead atoms. The molecule has 0 atom stereocenters. The number of halogens is 1. The third-order valence-corrected chi connectivity index (χ3v) is 3.70. The van der Waals surface area contributed by atoms with E-state index in [2.05, 4.69) is 32.7 Å². The van der Waals surface area contributed by atoms with E-state index in [4.69, 9.17) is 4.52 Å². The lowest BCUT2D eigenvalue weighted by molar-refractivity contribution is 0.410. The Morgan fingerprint density at radius 1 is 1.35 bits per heavy atom. The van der Waals surface area contributed by atoms with Crippen molar-refractivity contribution >= 4 is 41.3 Å². The minimum absolute atomic E-state index is 0. The van der Waals surface area contributed by atoms with Crippen molar-refractivity contribution in [2.24, 2.45) is 4.99 Å². The lowest BCUT2D eigenvalue weighted by Gasteiger charge is -2.09. The lowest BCUT2D eigenvalue weighted by atomic mass is 10.4. The Bertz CT molecular complexity index is 533. The normalized spacial score (nSPS) is 11.1. The van der Waals surface area contributed by atoms with Gasteiger partial charge in [-0.05, 0) is 13.8 Å². The van der Waals surface area contributed by atoms with Gasteiger partial charge in [-0.15, -0.1) is 35.3 Å². The average Bonchev–Trinajstić information content (AvgIpc) is 3.01. The van der Waals surface area contributed by atoms with Crippen LogP contribution in [0.2, 0.25) is 0 Å². The molecule has 0 saturated heterocycles. The summed E-state index contributed by atoms with van der Waals surface area (Å²) in [4.78, 5) is 9.87. The molecule has 2 aromatic rings. The molecule has 0 aromatic carbocycles. The van der Waals surface area contributed by atoms with Crippen LogP contribution in [0.4, 0.5) is 0 Å². The molecule has 2 aromatic heterocycles. The maximum absolute atomic E-state index is 4.77. The number of aromatic nitrogens is 2. The van der Waals surface area contributed by atoms with E-state index in [9.17, 15) is 0 Å². The van der Waals surface area contributed by atoms with E-state index in [1.54, 1.807) is 24.6 Å². The van der Waals surface area contributed by atoms with Crippen molar-refractivity contribution in [1.82, 2.24) is 20.8 Å². The van der Waals surface area contributed by atoms with E-state index in [1.807, 2.05) is 13.0 Å². The molecule has 0 amide bonds. The number of rotatable bonds is 4. The summed E-state index contributed by atoms with van der Waals surface area (Å²) >= 11 is 1.70. The largest absolute Gasteiger partial charge is 0.364 e. The molecule has 0 aliphatic rings. The van der Waals surface area contributed by atoms with E-state index < -0.39 is 0 Å². The first-order chi connectivity index (χ1) is 9.19. The Morgan fingerprint density at radius 3 is 2.65 bits per heavy atom. The zero-order chi connectivity index (χ0) is 13.7. The van der Waals surface area contributed by atoms with E-state index in [0.717, 1.165) is 16.4 Å². The number of hydrogen-bond acceptors (Lipinski definition) is 5. The number of aryl methyl sites for hydroxylation is 2. The summed E-state index contributed by atoms with van der Waals surface area (Å²) in [7, 11) is 1.73. The highest BCUT2D eigenvalue weighted by molar-refractivity contribution is 14.0. The third kappa shape index (κ3) is 4.75. The molecular weight excluding hydrogens is 389 g/mol. The molecule has 0 aliphatic carbocycles. The van der Waals surface area contributed by atoms with Crippen LogP contribution in [0.5, 0.6) is 0 Å². The molecule has 0 aliphatic heterocycles. The van der Waals surface area contributed by atoms with Gasteiger partial charge < -0.3 is 15.2 Å². The summed E-state index contributed by atoms with van der Waals surface area (Å²) < 4.78 is 4.77. The Kier molecular flexibility index (Phi) is 6.93. The molecule has 0 saturated carbocycles. The number of guanidine groups is 1. The molecule has 6 nitrogen and oxygen atoms in total. The Labute approximate surface area is 139 Å². The van der Waals surface area contributed by atoms with E-state index in [1.165, 1.54) is 4.88 Å². The van der Waals surface area contributed by atoms with Crippen molar-refractivity contribution in [1.29, 1.82) is 0 Å². The van der Waals surface area contributed by atoms with Gasteiger partial charge in [0.1, 0.15) is 17.0 Å². The summed E-state index contributed by atoms with van der Waals surface area (Å²) in [6.07, 6.45) is 1.55. The van der Waals surface area contributed by atoms with Crippen LogP contribution < -0.4 is 10.6 Å². The molecule has 2 rings (SSSR count). The van der Waals surface area contributed by atoms with Crippen LogP contribution in [0.25, 0.3) is 0 Å². The molecule has 2 heterocycles. The van der Waals surface area contributed by atoms with E-state index in [0.29, 0.717) is 19.0 Å². The predicted octanol–water partition coefficient (Wildman–Crippen LogP) is 2.23. The molecular formula is C12H18IN5OS. The fourth-order valence-corrected chi connectivity index (χ4v) is 2.37. The molecule has 0 radical (unpaired) electrons. The highest BCUT2D eigenvalue weighted by Crippen LogP contribution is 2.15. The van der Waals surface area contributed by atoms with Gasteiger partial charge in [0.15, 0.2) is 5.96 Å². The highest BCUT2D eigenvalue weighted by Gasteiger charge is 2.05. The molecule has 2 N–H and O–H groups in total. The van der Waals surface area contributed by atoms with Crippen molar-refractivity contribution in [3.05, 3.63) is 33.6 Å². The summed E-state index contributed by atoms with van der Waals surface area (Å²) in [6.45, 7) is 5.34. The molecule has 0 fully saturated rings. The maximum atomic E-state index is 4.77. The van der Waals surface area contributed by atoms with Gasteiger partial charge in [0.05, 0.1) is 18.8 Å². The summed E-state index contributed by atoms with van der Waals surface area (Å²) in [5, 5.41) is 11.3. The molecule has 20 heavy (non-hydrogen) atoms. The van der Waals surface area contributed by atoms with Gasteiger partial charge in [-0.3, -0.25) is 4.99 Å². The van der Waals surface area contributed by atoms with Crippen LogP contribution in [0.3, 0.4) is 0 Å². The first kappa shape index (κ1) is 16.9. The number of hydrogen-bond donors (Lipinski definition) is 2. The zero-order valence-corrected chi connectivity index (χ0v) is 14.8. The fourth-order valence-electron chi connectivity index (χ4n) is 1.50. The fraction of sp³-hybridized carbons (Fsp3) is 0.417. The second-order valence-electron chi connectivity index (χ2n) is 4.02. The Balaban J connectivity index is 0.00000200. The average molecular weight is 407 g/mol. The monoisotopic (exact) mass is 407 g/mol. The van der Waals surface area contributed by atoms with Crippen molar-refractivity contribution in [2.75, 3.05) is 7.05 Å². The summed E-state index contributed by atoms with van der Waals surface area (Å²) in [5.74, 6) is 0.716. The van der Waals surface area contributed by atoms with Crippen molar-refractivity contribution in [3.8, 4) is 0 Å². The number of nitrogens with one attached hydrogen (secondary N) is 2. The standard InChI is InChI=1S/C12H17N5OS.HI/c1-8-9(2)19-11(16-8)7-15-12(13-3)14-6-10-4-5-18-17-10;/h4-5H,6-7H2,1-3H3,(H2,13,14,15);1H. The van der Waals surface area contributed by atoms with Crippen LogP contribution in [0.1, 0.15) is 21.3 Å². The van der Waals surface area contributed by atoms with E-state index >= 15 is 0 Å². The Hall–Kier alpha value is -1.16. The SMILES string of the molecule is CN=C(NCc1ccon1)NCc1nc(C)c(C)s1.I. The molecule has 110 valence electrons. The van der Waals surface area contributed by atoms with Crippen molar-refractivity contribution in [2.45, 2.75) is 26.9 Å². The first-order valence-corrected chi connectivity index (χ1v) is 6.77. The van der Waals surface area contributed by atoms with Gasteiger partial charge in [0.25, 0.3) is 0 Å². The van der Waals surface area contributed by atoms with Crippen LogP contribution in [0, 0.1) is 13.8 Å². The van der Waals surface area contributed by atoms with Gasteiger partial charge in [-0.25, -0.2) is 4.98 Å². The third-order valence-electron chi connectivity index (χ3n) is 2.63. The highest BCUT2D eigenvalue weighted by atomic mass is 127. The number of nitrogens with zero attached hydrogens (tertiary/aromatic N) is 3. The van der Waals surface area contributed by atoms with Gasteiger partial charge >= 0.3 is 0 Å². The van der Waals surface area contributed by atoms with Gasteiger partial charge in [-0.2, -0.15) is 0 Å². The summed E-state index contributed by atoms with van der Waals surface area (Å²) in [5.41, 5.74) is 1.93. The second-order valence-corrected chi connectivity index (χ2v) is 5.31. The van der Waals surface area contributed by atoms with Crippen LogP contribution >= 0.6 is 35.3 Å². The summed E-state index contributed by atoms with van der Waals surface area (Å²) in [6, 6.07) is 1.81.